The molecule has 0 spiro atoms. The van der Waals surface area contributed by atoms with Gasteiger partial charge in [-0.1, -0.05) is 41.4 Å². The lowest BCUT2D eigenvalue weighted by molar-refractivity contribution is -0.114. The maximum Gasteiger partial charge on any atom is 0.243 e. The topological polar surface area (TPSA) is 32.3 Å². The van der Waals surface area contributed by atoms with Crippen LogP contribution in [-0.4, -0.2) is 19.5 Å². The molecular formula is C15H14Cl2N2O. The molecule has 2 rings (SSSR count). The van der Waals surface area contributed by atoms with Crippen molar-refractivity contribution in [1.29, 1.82) is 0 Å². The van der Waals surface area contributed by atoms with Gasteiger partial charge in [-0.2, -0.15) is 0 Å². The summed E-state index contributed by atoms with van der Waals surface area (Å²) in [5.74, 6) is -0.130. The van der Waals surface area contributed by atoms with E-state index in [9.17, 15) is 4.79 Å². The number of nitrogens with one attached hydrogen (secondary N) is 1. The van der Waals surface area contributed by atoms with Crippen molar-refractivity contribution in [3.05, 3.63) is 58.6 Å². The van der Waals surface area contributed by atoms with Crippen molar-refractivity contribution >= 4 is 40.5 Å². The van der Waals surface area contributed by atoms with Gasteiger partial charge in [-0.15, -0.1) is 0 Å². The molecule has 1 N–H and O–H groups in total. The van der Waals surface area contributed by atoms with Crippen LogP contribution in [0, 0.1) is 0 Å². The van der Waals surface area contributed by atoms with Gasteiger partial charge in [0.25, 0.3) is 0 Å². The minimum Gasteiger partial charge on any atom is -0.365 e. The van der Waals surface area contributed by atoms with Gasteiger partial charge in [-0.3, -0.25) is 4.79 Å². The lowest BCUT2D eigenvalue weighted by Gasteiger charge is -2.18. The molecular weight excluding hydrogens is 295 g/mol. The SMILES string of the molecule is CN(CC(=O)Nc1cc(Cl)cc(Cl)c1)c1ccccc1. The molecule has 0 aliphatic carbocycles. The normalized spacial score (nSPS) is 10.2. The molecule has 0 unspecified atom stereocenters. The lowest BCUT2D eigenvalue weighted by atomic mass is 10.3. The summed E-state index contributed by atoms with van der Waals surface area (Å²) in [6, 6.07) is 14.6. The van der Waals surface area contributed by atoms with Crippen molar-refractivity contribution < 1.29 is 4.79 Å². The zero-order chi connectivity index (χ0) is 14.5. The predicted molar refractivity (Wildman–Crippen MR) is 84.8 cm³/mol. The summed E-state index contributed by atoms with van der Waals surface area (Å²) in [6.45, 7) is 0.244. The molecule has 0 fully saturated rings. The smallest absolute Gasteiger partial charge is 0.243 e. The van der Waals surface area contributed by atoms with E-state index in [0.29, 0.717) is 15.7 Å². The Hall–Kier alpha value is -1.71. The van der Waals surface area contributed by atoms with Crippen molar-refractivity contribution in [2.45, 2.75) is 0 Å². The maximum atomic E-state index is 12.0. The first kappa shape index (κ1) is 14.7. The van der Waals surface area contributed by atoms with Crippen molar-refractivity contribution in [2.75, 3.05) is 23.8 Å². The molecule has 20 heavy (non-hydrogen) atoms. The second-order valence-corrected chi connectivity index (χ2v) is 5.27. The molecule has 0 aromatic heterocycles. The number of halogens is 2. The highest BCUT2D eigenvalue weighted by Crippen LogP contribution is 2.22. The standard InChI is InChI=1S/C15H14Cl2N2O/c1-19(14-5-3-2-4-6-14)10-15(20)18-13-8-11(16)7-12(17)9-13/h2-9H,10H2,1H3,(H,18,20). The largest absolute Gasteiger partial charge is 0.365 e. The summed E-state index contributed by atoms with van der Waals surface area (Å²) in [5.41, 5.74) is 1.57. The molecule has 3 nitrogen and oxygen atoms in total. The van der Waals surface area contributed by atoms with Crippen LogP contribution in [-0.2, 0) is 4.79 Å². The minimum absolute atomic E-state index is 0.130. The Morgan fingerprint density at radius 2 is 1.70 bits per heavy atom. The van der Waals surface area contributed by atoms with E-state index in [2.05, 4.69) is 5.32 Å². The van der Waals surface area contributed by atoms with Gasteiger partial charge < -0.3 is 10.2 Å². The Bertz CT molecular complexity index is 582. The molecule has 0 saturated heterocycles. The molecule has 0 bridgehead atoms. The Morgan fingerprint density at radius 3 is 2.30 bits per heavy atom. The van der Waals surface area contributed by atoms with Crippen LogP contribution in [0.25, 0.3) is 0 Å². The Labute approximate surface area is 128 Å². The fourth-order valence-corrected chi connectivity index (χ4v) is 2.34. The Balaban J connectivity index is 1.99. The summed E-state index contributed by atoms with van der Waals surface area (Å²) in [6.07, 6.45) is 0. The molecule has 2 aromatic rings. The number of hydrogen-bond donors (Lipinski definition) is 1. The van der Waals surface area contributed by atoms with Crippen molar-refractivity contribution in [3.63, 3.8) is 0 Å². The average molecular weight is 309 g/mol. The molecule has 1 amide bonds. The van der Waals surface area contributed by atoms with Gasteiger partial charge in [0, 0.05) is 28.5 Å². The number of rotatable bonds is 4. The number of benzene rings is 2. The Morgan fingerprint density at radius 1 is 1.10 bits per heavy atom. The quantitative estimate of drug-likeness (QED) is 0.923. The van der Waals surface area contributed by atoms with E-state index >= 15 is 0 Å². The van der Waals surface area contributed by atoms with Crippen LogP contribution < -0.4 is 10.2 Å². The van der Waals surface area contributed by atoms with Gasteiger partial charge in [-0.25, -0.2) is 0 Å². The number of carbonyl (C=O) groups is 1. The minimum atomic E-state index is -0.130. The van der Waals surface area contributed by atoms with E-state index in [-0.39, 0.29) is 12.5 Å². The number of amides is 1. The number of para-hydroxylation sites is 1. The molecule has 0 aliphatic heterocycles. The summed E-state index contributed by atoms with van der Waals surface area (Å²) < 4.78 is 0. The first-order valence-corrected chi connectivity index (χ1v) is 6.82. The van der Waals surface area contributed by atoms with E-state index in [1.165, 1.54) is 0 Å². The predicted octanol–water partition coefficient (Wildman–Crippen LogP) is 4.07. The third-order valence-electron chi connectivity index (χ3n) is 2.72. The number of hydrogen-bond acceptors (Lipinski definition) is 2. The first-order valence-electron chi connectivity index (χ1n) is 6.07. The van der Waals surface area contributed by atoms with Gasteiger partial charge >= 0.3 is 0 Å². The summed E-state index contributed by atoms with van der Waals surface area (Å²) in [7, 11) is 1.86. The summed E-state index contributed by atoms with van der Waals surface area (Å²) in [4.78, 5) is 13.8. The number of nitrogens with zero attached hydrogens (tertiary/aromatic N) is 1. The zero-order valence-corrected chi connectivity index (χ0v) is 12.4. The van der Waals surface area contributed by atoms with Gasteiger partial charge in [-0.05, 0) is 30.3 Å². The van der Waals surface area contributed by atoms with E-state index < -0.39 is 0 Å². The fourth-order valence-electron chi connectivity index (χ4n) is 1.82. The fraction of sp³-hybridized carbons (Fsp3) is 0.133. The van der Waals surface area contributed by atoms with Gasteiger partial charge in [0.15, 0.2) is 0 Å². The van der Waals surface area contributed by atoms with Gasteiger partial charge in [0.1, 0.15) is 0 Å². The van der Waals surface area contributed by atoms with Crippen LogP contribution in [0.2, 0.25) is 10.0 Å². The molecule has 104 valence electrons. The molecule has 0 aliphatic rings. The van der Waals surface area contributed by atoms with E-state index in [0.717, 1.165) is 5.69 Å². The monoisotopic (exact) mass is 308 g/mol. The summed E-state index contributed by atoms with van der Waals surface area (Å²) >= 11 is 11.8. The maximum absolute atomic E-state index is 12.0. The second-order valence-electron chi connectivity index (χ2n) is 4.40. The molecule has 5 heteroatoms. The van der Waals surface area contributed by atoms with Crippen LogP contribution in [0.4, 0.5) is 11.4 Å². The molecule has 0 saturated carbocycles. The zero-order valence-electron chi connectivity index (χ0n) is 10.9. The van der Waals surface area contributed by atoms with Crippen LogP contribution in [0.5, 0.6) is 0 Å². The van der Waals surface area contributed by atoms with Gasteiger partial charge in [0.2, 0.25) is 5.91 Å². The van der Waals surface area contributed by atoms with Crippen molar-refractivity contribution in [1.82, 2.24) is 0 Å². The third kappa shape index (κ3) is 4.15. The second kappa shape index (κ2) is 6.64. The van der Waals surface area contributed by atoms with Crippen LogP contribution in [0.15, 0.2) is 48.5 Å². The van der Waals surface area contributed by atoms with Crippen LogP contribution in [0.1, 0.15) is 0 Å². The van der Waals surface area contributed by atoms with E-state index in [1.807, 2.05) is 42.3 Å². The average Bonchev–Trinajstić information content (AvgIpc) is 2.38. The van der Waals surface area contributed by atoms with Crippen LogP contribution in [0.3, 0.4) is 0 Å². The molecule has 0 heterocycles. The number of carbonyl (C=O) groups excluding carboxylic acids is 1. The summed E-state index contributed by atoms with van der Waals surface area (Å²) in [5, 5.41) is 3.75. The molecule has 0 radical (unpaired) electrons. The third-order valence-corrected chi connectivity index (χ3v) is 3.16. The van der Waals surface area contributed by atoms with E-state index in [1.54, 1.807) is 18.2 Å². The van der Waals surface area contributed by atoms with Crippen molar-refractivity contribution in [2.24, 2.45) is 0 Å². The highest BCUT2D eigenvalue weighted by atomic mass is 35.5. The van der Waals surface area contributed by atoms with Gasteiger partial charge in [0.05, 0.1) is 6.54 Å². The Kier molecular flexibility index (Phi) is 4.88. The molecule has 2 aromatic carbocycles. The molecule has 0 atom stereocenters. The highest BCUT2D eigenvalue weighted by Gasteiger charge is 2.08. The number of likely N-dealkylation sites (N-methyl/N-ethyl adjacent to an activating group) is 1. The highest BCUT2D eigenvalue weighted by molar-refractivity contribution is 6.35. The van der Waals surface area contributed by atoms with Crippen LogP contribution >= 0.6 is 23.2 Å². The number of anilines is 2. The van der Waals surface area contributed by atoms with E-state index in [4.69, 9.17) is 23.2 Å². The lowest BCUT2D eigenvalue weighted by Crippen LogP contribution is -2.29. The van der Waals surface area contributed by atoms with Crippen molar-refractivity contribution in [3.8, 4) is 0 Å². The first-order chi connectivity index (χ1) is 9.54.